The minimum absolute atomic E-state index is 0.356. The van der Waals surface area contributed by atoms with Crippen LogP contribution in [0.2, 0.25) is 0 Å². The lowest BCUT2D eigenvalue weighted by Crippen LogP contribution is -2.50. The van der Waals surface area contributed by atoms with Crippen LogP contribution in [0.25, 0.3) is 0 Å². The van der Waals surface area contributed by atoms with Gasteiger partial charge < -0.3 is 10.1 Å². The van der Waals surface area contributed by atoms with Crippen LogP contribution >= 0.6 is 0 Å². The highest BCUT2D eigenvalue weighted by molar-refractivity contribution is 4.91. The van der Waals surface area contributed by atoms with Crippen molar-refractivity contribution in [3.05, 3.63) is 0 Å². The summed E-state index contributed by atoms with van der Waals surface area (Å²) in [6.45, 7) is 12.3. The van der Waals surface area contributed by atoms with Gasteiger partial charge in [0.1, 0.15) is 0 Å². The number of hydrogen-bond acceptors (Lipinski definition) is 3. The van der Waals surface area contributed by atoms with Gasteiger partial charge in [-0.15, -0.1) is 0 Å². The Morgan fingerprint density at radius 3 is 2.84 bits per heavy atom. The molecule has 2 rings (SSSR count). The molecule has 0 aromatic carbocycles. The predicted molar refractivity (Wildman–Crippen MR) is 80.5 cm³/mol. The zero-order valence-corrected chi connectivity index (χ0v) is 13.1. The van der Waals surface area contributed by atoms with E-state index in [0.29, 0.717) is 11.5 Å². The summed E-state index contributed by atoms with van der Waals surface area (Å²) in [5.74, 6) is 0. The van der Waals surface area contributed by atoms with Gasteiger partial charge >= 0.3 is 0 Å². The molecule has 0 amide bonds. The molecule has 112 valence electrons. The predicted octanol–water partition coefficient (Wildman–Crippen LogP) is 2.66. The first-order valence-corrected chi connectivity index (χ1v) is 8.20. The zero-order valence-electron chi connectivity index (χ0n) is 13.1. The quantitative estimate of drug-likeness (QED) is 0.801. The number of likely N-dealkylation sites (tertiary alicyclic amines) is 1. The summed E-state index contributed by atoms with van der Waals surface area (Å²) in [6, 6.07) is 1.38. The van der Waals surface area contributed by atoms with Gasteiger partial charge in [0.05, 0.1) is 6.61 Å². The highest BCUT2D eigenvalue weighted by Crippen LogP contribution is 2.32. The molecule has 2 atom stereocenters. The lowest BCUT2D eigenvalue weighted by Gasteiger charge is -2.41. The minimum atomic E-state index is 0.356. The van der Waals surface area contributed by atoms with E-state index in [4.69, 9.17) is 4.74 Å². The summed E-state index contributed by atoms with van der Waals surface area (Å²) >= 11 is 0. The Bertz CT molecular complexity index is 261. The van der Waals surface area contributed by atoms with Crippen LogP contribution in [-0.4, -0.2) is 49.8 Å². The summed E-state index contributed by atoms with van der Waals surface area (Å²) in [5, 5.41) is 3.64. The SMILES string of the molecule is CCC1CCCCN1CC1(CNC(C)C)CCOC1. The molecule has 0 aromatic rings. The van der Waals surface area contributed by atoms with Gasteiger partial charge in [0.25, 0.3) is 0 Å². The molecule has 0 aliphatic carbocycles. The first-order valence-electron chi connectivity index (χ1n) is 8.20. The maximum absolute atomic E-state index is 5.74. The van der Waals surface area contributed by atoms with E-state index in [-0.39, 0.29) is 0 Å². The fourth-order valence-corrected chi connectivity index (χ4v) is 3.55. The first-order chi connectivity index (χ1) is 9.15. The Labute approximate surface area is 119 Å². The average Bonchev–Trinajstić information content (AvgIpc) is 2.86. The molecule has 0 spiro atoms. The molecule has 2 aliphatic rings. The summed E-state index contributed by atoms with van der Waals surface area (Å²) < 4.78 is 5.74. The monoisotopic (exact) mass is 268 g/mol. The van der Waals surface area contributed by atoms with E-state index in [0.717, 1.165) is 25.8 Å². The second kappa shape index (κ2) is 7.05. The number of nitrogens with zero attached hydrogens (tertiary/aromatic N) is 1. The van der Waals surface area contributed by atoms with Gasteiger partial charge in [0, 0.05) is 37.2 Å². The Kier molecular flexibility index (Phi) is 5.67. The fourth-order valence-electron chi connectivity index (χ4n) is 3.55. The van der Waals surface area contributed by atoms with Crippen LogP contribution in [0.15, 0.2) is 0 Å². The first kappa shape index (κ1) is 15.3. The molecule has 2 aliphatic heterocycles. The largest absolute Gasteiger partial charge is 0.381 e. The topological polar surface area (TPSA) is 24.5 Å². The smallest absolute Gasteiger partial charge is 0.0547 e. The van der Waals surface area contributed by atoms with Gasteiger partial charge in [-0.05, 0) is 32.2 Å². The van der Waals surface area contributed by atoms with Crippen molar-refractivity contribution < 1.29 is 4.74 Å². The van der Waals surface area contributed by atoms with Crippen LogP contribution in [0, 0.1) is 5.41 Å². The molecular weight excluding hydrogens is 236 g/mol. The summed E-state index contributed by atoms with van der Waals surface area (Å²) in [5.41, 5.74) is 0.356. The number of rotatable bonds is 6. The van der Waals surface area contributed by atoms with Crippen molar-refractivity contribution in [3.8, 4) is 0 Å². The third-order valence-electron chi connectivity index (χ3n) is 4.83. The Morgan fingerprint density at radius 2 is 2.21 bits per heavy atom. The van der Waals surface area contributed by atoms with Crippen LogP contribution in [0.3, 0.4) is 0 Å². The average molecular weight is 268 g/mol. The van der Waals surface area contributed by atoms with Crippen molar-refractivity contribution in [1.82, 2.24) is 10.2 Å². The molecule has 3 nitrogen and oxygen atoms in total. The van der Waals surface area contributed by atoms with Crippen molar-refractivity contribution in [2.24, 2.45) is 5.41 Å². The number of ether oxygens (including phenoxy) is 1. The number of nitrogens with one attached hydrogen (secondary N) is 1. The molecule has 0 radical (unpaired) electrons. The van der Waals surface area contributed by atoms with Crippen molar-refractivity contribution in [1.29, 1.82) is 0 Å². The molecule has 2 fully saturated rings. The third kappa shape index (κ3) is 4.17. The molecule has 3 heteroatoms. The van der Waals surface area contributed by atoms with E-state index in [9.17, 15) is 0 Å². The van der Waals surface area contributed by atoms with E-state index >= 15 is 0 Å². The van der Waals surface area contributed by atoms with E-state index in [2.05, 4.69) is 31.0 Å². The maximum Gasteiger partial charge on any atom is 0.0547 e. The fraction of sp³-hybridized carbons (Fsp3) is 1.00. The van der Waals surface area contributed by atoms with Crippen molar-refractivity contribution >= 4 is 0 Å². The molecule has 0 aromatic heterocycles. The van der Waals surface area contributed by atoms with Crippen molar-refractivity contribution in [2.75, 3.05) is 32.8 Å². The maximum atomic E-state index is 5.74. The van der Waals surface area contributed by atoms with Gasteiger partial charge in [-0.25, -0.2) is 0 Å². The zero-order chi connectivity index (χ0) is 13.7. The third-order valence-corrected chi connectivity index (χ3v) is 4.83. The number of piperidine rings is 1. The van der Waals surface area contributed by atoms with E-state index in [1.807, 2.05) is 0 Å². The Morgan fingerprint density at radius 1 is 1.37 bits per heavy atom. The van der Waals surface area contributed by atoms with Crippen molar-refractivity contribution in [3.63, 3.8) is 0 Å². The van der Waals surface area contributed by atoms with Crippen LogP contribution < -0.4 is 5.32 Å². The molecule has 0 bridgehead atoms. The van der Waals surface area contributed by atoms with E-state index in [1.54, 1.807) is 0 Å². The highest BCUT2D eigenvalue weighted by atomic mass is 16.5. The van der Waals surface area contributed by atoms with Gasteiger partial charge in [0.2, 0.25) is 0 Å². The minimum Gasteiger partial charge on any atom is -0.381 e. The molecule has 2 heterocycles. The second-order valence-corrected chi connectivity index (χ2v) is 6.87. The lowest BCUT2D eigenvalue weighted by atomic mass is 9.84. The Balaban J connectivity index is 1.94. The Hall–Kier alpha value is -0.120. The summed E-state index contributed by atoms with van der Waals surface area (Å²) in [6.07, 6.45) is 6.72. The summed E-state index contributed by atoms with van der Waals surface area (Å²) in [4.78, 5) is 2.75. The van der Waals surface area contributed by atoms with Crippen molar-refractivity contribution in [2.45, 2.75) is 65.0 Å². The van der Waals surface area contributed by atoms with Crippen LogP contribution in [0.4, 0.5) is 0 Å². The molecule has 2 saturated heterocycles. The van der Waals surface area contributed by atoms with Gasteiger partial charge in [-0.2, -0.15) is 0 Å². The second-order valence-electron chi connectivity index (χ2n) is 6.87. The van der Waals surface area contributed by atoms with E-state index < -0.39 is 0 Å². The van der Waals surface area contributed by atoms with Gasteiger partial charge in [-0.1, -0.05) is 27.2 Å². The summed E-state index contributed by atoms with van der Waals surface area (Å²) in [7, 11) is 0. The molecule has 19 heavy (non-hydrogen) atoms. The highest BCUT2D eigenvalue weighted by Gasteiger charge is 2.38. The van der Waals surface area contributed by atoms with E-state index in [1.165, 1.54) is 45.2 Å². The van der Waals surface area contributed by atoms with Gasteiger partial charge in [-0.3, -0.25) is 4.90 Å². The van der Waals surface area contributed by atoms with Crippen LogP contribution in [0.1, 0.15) is 52.9 Å². The van der Waals surface area contributed by atoms with Crippen LogP contribution in [0.5, 0.6) is 0 Å². The molecule has 0 saturated carbocycles. The number of hydrogen-bond donors (Lipinski definition) is 1. The normalized spacial score (nSPS) is 33.2. The van der Waals surface area contributed by atoms with Gasteiger partial charge in [0.15, 0.2) is 0 Å². The molecular formula is C16H32N2O. The standard InChI is InChI=1S/C16H32N2O/c1-4-15-7-5-6-9-18(15)12-16(8-10-19-13-16)11-17-14(2)3/h14-15,17H,4-13H2,1-3H3. The lowest BCUT2D eigenvalue weighted by molar-refractivity contribution is 0.0631. The molecule has 2 unspecified atom stereocenters. The van der Waals surface area contributed by atoms with Crippen LogP contribution in [-0.2, 0) is 4.74 Å². The molecule has 1 N–H and O–H groups in total.